The molecule has 0 saturated carbocycles. The molecule has 7 heteroatoms. The number of urea groups is 1. The number of carbonyl (C=O) groups is 1. The number of pyridine rings is 1. The van der Waals surface area contributed by atoms with Crippen LogP contribution in [0.25, 0.3) is 32.6 Å². The van der Waals surface area contributed by atoms with Crippen molar-refractivity contribution in [3.63, 3.8) is 0 Å². The number of nitrogens with one attached hydrogen (secondary N) is 1. The number of benzene rings is 2. The molecule has 0 aliphatic rings. The van der Waals surface area contributed by atoms with E-state index < -0.39 is 6.03 Å². The highest BCUT2D eigenvalue weighted by atomic mass is 16.5. The van der Waals surface area contributed by atoms with Crippen molar-refractivity contribution in [3.8, 4) is 5.88 Å². The second-order valence-electron chi connectivity index (χ2n) is 4.85. The molecule has 0 atom stereocenters. The fraction of sp³-hybridized carbons (Fsp3) is 0.0667. The number of anilines is 1. The third-order valence-electron chi connectivity index (χ3n) is 3.64. The van der Waals surface area contributed by atoms with E-state index in [2.05, 4.69) is 20.3 Å². The van der Waals surface area contributed by atoms with E-state index in [1.165, 1.54) is 13.4 Å². The molecular formula is C15H11N5O2. The standard InChI is InChI=1S/C15H11N5O2/c1-22-14-8-3-5-10-12-9(17-6-18-10)4-2-7(11(8)12)13(19-14)20-15(16)21/h2-6H,1H3,(H3,16,19,20,21). The fourth-order valence-corrected chi connectivity index (χ4v) is 2.79. The van der Waals surface area contributed by atoms with Gasteiger partial charge in [-0.3, -0.25) is 5.32 Å². The maximum Gasteiger partial charge on any atom is 0.317 e. The monoisotopic (exact) mass is 293 g/mol. The predicted octanol–water partition coefficient (Wildman–Crippen LogP) is 2.27. The van der Waals surface area contributed by atoms with Crippen LogP contribution in [0, 0.1) is 0 Å². The minimum atomic E-state index is -0.680. The van der Waals surface area contributed by atoms with Crippen molar-refractivity contribution in [2.45, 2.75) is 0 Å². The van der Waals surface area contributed by atoms with Crippen LogP contribution in [-0.2, 0) is 0 Å². The number of carbonyl (C=O) groups excluding carboxylic acids is 1. The largest absolute Gasteiger partial charge is 0.480 e. The molecule has 22 heavy (non-hydrogen) atoms. The summed E-state index contributed by atoms with van der Waals surface area (Å²) in [5.74, 6) is 0.768. The number of hydrogen-bond acceptors (Lipinski definition) is 5. The lowest BCUT2D eigenvalue weighted by Gasteiger charge is -2.14. The van der Waals surface area contributed by atoms with Gasteiger partial charge in [0.25, 0.3) is 0 Å². The van der Waals surface area contributed by atoms with Crippen LogP contribution in [0.5, 0.6) is 5.88 Å². The van der Waals surface area contributed by atoms with Crippen LogP contribution in [0.15, 0.2) is 30.6 Å². The molecule has 4 rings (SSSR count). The molecule has 2 aromatic carbocycles. The quantitative estimate of drug-likeness (QED) is 0.552. The Morgan fingerprint density at radius 2 is 1.77 bits per heavy atom. The minimum absolute atomic E-state index is 0.357. The summed E-state index contributed by atoms with van der Waals surface area (Å²) in [6, 6.07) is 6.84. The molecule has 0 spiro atoms. The van der Waals surface area contributed by atoms with Crippen LogP contribution in [0.3, 0.4) is 0 Å². The normalized spacial score (nSPS) is 11.3. The number of primary amides is 1. The lowest BCUT2D eigenvalue weighted by Crippen LogP contribution is -2.20. The van der Waals surface area contributed by atoms with Crippen molar-refractivity contribution >= 4 is 44.4 Å². The van der Waals surface area contributed by atoms with E-state index >= 15 is 0 Å². The number of hydrogen-bond donors (Lipinski definition) is 2. The summed E-state index contributed by atoms with van der Waals surface area (Å²) < 4.78 is 5.35. The molecule has 2 heterocycles. The molecule has 0 unspecified atom stereocenters. The lowest BCUT2D eigenvalue weighted by atomic mass is 10.00. The summed E-state index contributed by atoms with van der Waals surface area (Å²) >= 11 is 0. The van der Waals surface area contributed by atoms with E-state index in [0.717, 1.165) is 32.6 Å². The van der Waals surface area contributed by atoms with Gasteiger partial charge in [-0.2, -0.15) is 4.98 Å². The molecule has 0 saturated heterocycles. The number of amides is 2. The van der Waals surface area contributed by atoms with Gasteiger partial charge in [0.15, 0.2) is 0 Å². The highest BCUT2D eigenvalue weighted by Crippen LogP contribution is 2.39. The summed E-state index contributed by atoms with van der Waals surface area (Å²) in [6.45, 7) is 0. The van der Waals surface area contributed by atoms with Gasteiger partial charge in [-0.15, -0.1) is 0 Å². The Balaban J connectivity index is 2.25. The Bertz CT molecular complexity index is 1010. The van der Waals surface area contributed by atoms with E-state index in [-0.39, 0.29) is 0 Å². The topological polar surface area (TPSA) is 103 Å². The first-order valence-corrected chi connectivity index (χ1v) is 6.59. The SMILES string of the molecule is COc1nc(NC(N)=O)c2ccc3ncnc4ccc1c2c34. The summed E-state index contributed by atoms with van der Waals surface area (Å²) in [4.78, 5) is 24.2. The average Bonchev–Trinajstić information content (AvgIpc) is 2.53. The van der Waals surface area contributed by atoms with Gasteiger partial charge in [0, 0.05) is 21.5 Å². The number of nitrogens with zero attached hydrogens (tertiary/aromatic N) is 3. The molecule has 0 radical (unpaired) electrons. The fourth-order valence-electron chi connectivity index (χ4n) is 2.79. The third-order valence-corrected chi connectivity index (χ3v) is 3.64. The van der Waals surface area contributed by atoms with Crippen LogP contribution in [-0.4, -0.2) is 28.1 Å². The molecule has 0 aliphatic heterocycles. The summed E-state index contributed by atoms with van der Waals surface area (Å²) in [7, 11) is 1.53. The molecule has 0 fully saturated rings. The lowest BCUT2D eigenvalue weighted by molar-refractivity contribution is 0.259. The molecule has 108 valence electrons. The first-order valence-electron chi connectivity index (χ1n) is 6.59. The molecule has 0 aliphatic carbocycles. The maximum atomic E-state index is 11.2. The van der Waals surface area contributed by atoms with Crippen molar-refractivity contribution in [2.75, 3.05) is 12.4 Å². The second-order valence-corrected chi connectivity index (χ2v) is 4.85. The number of methoxy groups -OCH3 is 1. The summed E-state index contributed by atoms with van der Waals surface area (Å²) in [6.07, 6.45) is 1.53. The van der Waals surface area contributed by atoms with Crippen LogP contribution < -0.4 is 15.8 Å². The van der Waals surface area contributed by atoms with Crippen LogP contribution in [0.1, 0.15) is 0 Å². The number of aromatic nitrogens is 3. The summed E-state index contributed by atoms with van der Waals surface area (Å²) in [5.41, 5.74) is 6.87. The Morgan fingerprint density at radius 1 is 1.09 bits per heavy atom. The zero-order valence-corrected chi connectivity index (χ0v) is 11.6. The Kier molecular flexibility index (Phi) is 2.50. The van der Waals surface area contributed by atoms with Gasteiger partial charge in [-0.25, -0.2) is 14.8 Å². The molecule has 2 aromatic heterocycles. The number of nitrogens with two attached hydrogens (primary N) is 1. The minimum Gasteiger partial charge on any atom is -0.480 e. The van der Waals surface area contributed by atoms with Gasteiger partial charge >= 0.3 is 6.03 Å². The molecule has 4 aromatic rings. The third kappa shape index (κ3) is 1.62. The van der Waals surface area contributed by atoms with Crippen molar-refractivity contribution in [2.24, 2.45) is 5.73 Å². The van der Waals surface area contributed by atoms with Crippen molar-refractivity contribution < 1.29 is 9.53 Å². The van der Waals surface area contributed by atoms with Gasteiger partial charge in [-0.1, -0.05) is 0 Å². The molecule has 3 N–H and O–H groups in total. The zero-order chi connectivity index (χ0) is 15.3. The summed E-state index contributed by atoms with van der Waals surface area (Å²) in [5, 5.41) is 5.94. The predicted molar refractivity (Wildman–Crippen MR) is 83.3 cm³/mol. The van der Waals surface area contributed by atoms with Gasteiger partial charge < -0.3 is 10.5 Å². The van der Waals surface area contributed by atoms with Crippen LogP contribution >= 0.6 is 0 Å². The van der Waals surface area contributed by atoms with Gasteiger partial charge in [0.2, 0.25) is 5.88 Å². The second kappa shape index (κ2) is 4.39. The molecule has 0 bridgehead atoms. The Morgan fingerprint density at radius 3 is 2.41 bits per heavy atom. The van der Waals surface area contributed by atoms with Crippen molar-refractivity contribution in [1.82, 2.24) is 15.0 Å². The maximum absolute atomic E-state index is 11.2. The molecular weight excluding hydrogens is 282 g/mol. The van der Waals surface area contributed by atoms with Gasteiger partial charge in [0.1, 0.15) is 12.1 Å². The number of ether oxygens (including phenoxy) is 1. The van der Waals surface area contributed by atoms with Crippen LogP contribution in [0.4, 0.5) is 10.6 Å². The van der Waals surface area contributed by atoms with E-state index in [1.807, 2.05) is 24.3 Å². The smallest absolute Gasteiger partial charge is 0.317 e. The van der Waals surface area contributed by atoms with E-state index in [0.29, 0.717) is 11.7 Å². The Hall–Kier alpha value is -3.22. The van der Waals surface area contributed by atoms with Crippen LogP contribution in [0.2, 0.25) is 0 Å². The zero-order valence-electron chi connectivity index (χ0n) is 11.6. The van der Waals surface area contributed by atoms with Crippen molar-refractivity contribution in [1.29, 1.82) is 0 Å². The molecule has 7 nitrogen and oxygen atoms in total. The highest BCUT2D eigenvalue weighted by Gasteiger charge is 2.17. The number of rotatable bonds is 2. The van der Waals surface area contributed by atoms with E-state index in [1.54, 1.807) is 0 Å². The van der Waals surface area contributed by atoms with E-state index in [9.17, 15) is 4.79 Å². The van der Waals surface area contributed by atoms with Crippen molar-refractivity contribution in [3.05, 3.63) is 30.6 Å². The first kappa shape index (κ1) is 12.5. The average molecular weight is 293 g/mol. The Labute approximate surface area is 124 Å². The molecule has 2 amide bonds. The first-order chi connectivity index (χ1) is 10.7. The van der Waals surface area contributed by atoms with Gasteiger partial charge in [-0.05, 0) is 24.3 Å². The van der Waals surface area contributed by atoms with Gasteiger partial charge in [0.05, 0.1) is 18.1 Å². The highest BCUT2D eigenvalue weighted by molar-refractivity contribution is 6.24. The van der Waals surface area contributed by atoms with E-state index in [4.69, 9.17) is 10.5 Å².